The third-order valence-corrected chi connectivity index (χ3v) is 4.82. The number of hydrogen-bond acceptors (Lipinski definition) is 6. The van der Waals surface area contributed by atoms with Crippen LogP contribution in [0.4, 0.5) is 4.79 Å². The Morgan fingerprint density at radius 2 is 1.75 bits per heavy atom. The lowest BCUT2D eigenvalue weighted by Crippen LogP contribution is -2.44. The SMILES string of the molecule is COCCCN1CC2=C(C1=O)[C@@H](c1cc(OC)c(OC)c(OC)c1)NC(=O)N2. The Hall–Kier alpha value is -2.94. The summed E-state index contributed by atoms with van der Waals surface area (Å²) in [5.41, 5.74) is 1.81. The number of nitrogens with zero attached hydrogens (tertiary/aromatic N) is 1. The Labute approximate surface area is 163 Å². The summed E-state index contributed by atoms with van der Waals surface area (Å²) >= 11 is 0. The van der Waals surface area contributed by atoms with Gasteiger partial charge < -0.3 is 34.5 Å². The molecule has 0 aromatic heterocycles. The highest BCUT2D eigenvalue weighted by Crippen LogP contribution is 2.42. The molecule has 1 aromatic carbocycles. The highest BCUT2D eigenvalue weighted by atomic mass is 16.5. The van der Waals surface area contributed by atoms with Crippen LogP contribution in [0.25, 0.3) is 0 Å². The minimum atomic E-state index is -0.614. The van der Waals surface area contributed by atoms with Crippen molar-refractivity contribution in [2.75, 3.05) is 48.1 Å². The molecule has 2 heterocycles. The van der Waals surface area contributed by atoms with Crippen LogP contribution in [0.2, 0.25) is 0 Å². The fourth-order valence-corrected chi connectivity index (χ4v) is 3.53. The number of urea groups is 1. The van der Waals surface area contributed by atoms with Gasteiger partial charge in [-0.1, -0.05) is 0 Å². The van der Waals surface area contributed by atoms with Crippen LogP contribution < -0.4 is 24.8 Å². The molecule has 0 fully saturated rings. The van der Waals surface area contributed by atoms with Crippen molar-refractivity contribution in [1.82, 2.24) is 15.5 Å². The van der Waals surface area contributed by atoms with Gasteiger partial charge in [-0.2, -0.15) is 0 Å². The van der Waals surface area contributed by atoms with Crippen molar-refractivity contribution in [3.05, 3.63) is 29.0 Å². The molecule has 2 aliphatic rings. The van der Waals surface area contributed by atoms with Crippen LogP contribution in [0, 0.1) is 0 Å². The molecule has 0 bridgehead atoms. The highest BCUT2D eigenvalue weighted by Gasteiger charge is 2.40. The van der Waals surface area contributed by atoms with Gasteiger partial charge in [-0.05, 0) is 24.1 Å². The van der Waals surface area contributed by atoms with Crippen LogP contribution in [0.15, 0.2) is 23.4 Å². The monoisotopic (exact) mass is 391 g/mol. The molecular weight excluding hydrogens is 366 g/mol. The normalized spacial score (nSPS) is 18.6. The maximum atomic E-state index is 13.0. The van der Waals surface area contributed by atoms with Gasteiger partial charge in [-0.25, -0.2) is 4.79 Å². The van der Waals surface area contributed by atoms with E-state index in [-0.39, 0.29) is 11.9 Å². The number of carbonyl (C=O) groups is 2. The summed E-state index contributed by atoms with van der Waals surface area (Å²) in [7, 11) is 6.18. The first kappa shape index (κ1) is 19.8. The minimum Gasteiger partial charge on any atom is -0.493 e. The van der Waals surface area contributed by atoms with Gasteiger partial charge in [0.05, 0.1) is 45.2 Å². The second-order valence-corrected chi connectivity index (χ2v) is 6.46. The van der Waals surface area contributed by atoms with Crippen molar-refractivity contribution in [2.24, 2.45) is 0 Å². The molecule has 3 rings (SSSR count). The first-order valence-corrected chi connectivity index (χ1v) is 8.92. The van der Waals surface area contributed by atoms with E-state index in [2.05, 4.69) is 10.6 Å². The van der Waals surface area contributed by atoms with E-state index >= 15 is 0 Å². The summed E-state index contributed by atoms with van der Waals surface area (Å²) in [5, 5.41) is 5.59. The molecule has 3 amide bonds. The predicted molar refractivity (Wildman–Crippen MR) is 101 cm³/mol. The lowest BCUT2D eigenvalue weighted by molar-refractivity contribution is -0.125. The molecule has 1 aromatic rings. The molecule has 0 spiro atoms. The topological polar surface area (TPSA) is 98.4 Å². The quantitative estimate of drug-likeness (QED) is 0.646. The summed E-state index contributed by atoms with van der Waals surface area (Å²) in [5.74, 6) is 1.24. The number of nitrogens with one attached hydrogen (secondary N) is 2. The van der Waals surface area contributed by atoms with Gasteiger partial charge in [-0.15, -0.1) is 0 Å². The molecule has 9 heteroatoms. The fraction of sp³-hybridized carbons (Fsp3) is 0.474. The van der Waals surface area contributed by atoms with Crippen LogP contribution >= 0.6 is 0 Å². The molecular formula is C19H25N3O6. The standard InChI is InChI=1S/C19H25N3O6/c1-25-7-5-6-22-10-12-15(18(22)23)16(21-19(24)20-12)11-8-13(26-2)17(28-4)14(9-11)27-3/h8-9,16H,5-7,10H2,1-4H3,(H2,20,21,24)/t16-/m1/s1. The molecule has 0 radical (unpaired) electrons. The van der Waals surface area contributed by atoms with E-state index in [1.165, 1.54) is 21.3 Å². The molecule has 1 atom stereocenters. The van der Waals surface area contributed by atoms with Crippen molar-refractivity contribution >= 4 is 11.9 Å². The Kier molecular flexibility index (Phi) is 5.93. The molecule has 9 nitrogen and oxygen atoms in total. The number of amides is 3. The zero-order chi connectivity index (χ0) is 20.3. The van der Waals surface area contributed by atoms with Crippen LogP contribution in [0.5, 0.6) is 17.2 Å². The lowest BCUT2D eigenvalue weighted by atomic mass is 9.95. The average Bonchev–Trinajstić information content (AvgIpc) is 3.01. The third-order valence-electron chi connectivity index (χ3n) is 4.82. The summed E-state index contributed by atoms with van der Waals surface area (Å²) in [6.45, 7) is 1.49. The summed E-state index contributed by atoms with van der Waals surface area (Å²) in [6.07, 6.45) is 0.721. The van der Waals surface area contributed by atoms with Gasteiger partial charge >= 0.3 is 6.03 Å². The van der Waals surface area contributed by atoms with Crippen LogP contribution in [-0.4, -0.2) is 65.0 Å². The number of hydrogen-bond donors (Lipinski definition) is 2. The van der Waals surface area contributed by atoms with Crippen molar-refractivity contribution in [1.29, 1.82) is 0 Å². The van der Waals surface area contributed by atoms with Gasteiger partial charge in [0, 0.05) is 20.3 Å². The van der Waals surface area contributed by atoms with Gasteiger partial charge in [0.2, 0.25) is 5.75 Å². The van der Waals surface area contributed by atoms with E-state index in [4.69, 9.17) is 18.9 Å². The first-order valence-electron chi connectivity index (χ1n) is 8.92. The zero-order valence-electron chi connectivity index (χ0n) is 16.5. The molecule has 0 saturated carbocycles. The average molecular weight is 391 g/mol. The van der Waals surface area contributed by atoms with E-state index in [1.54, 1.807) is 24.1 Å². The van der Waals surface area contributed by atoms with Crippen LogP contribution in [0.1, 0.15) is 18.0 Å². The third kappa shape index (κ3) is 3.57. The van der Waals surface area contributed by atoms with Gasteiger partial charge in [0.1, 0.15) is 0 Å². The first-order chi connectivity index (χ1) is 13.5. The maximum Gasteiger partial charge on any atom is 0.319 e. The Morgan fingerprint density at radius 3 is 2.32 bits per heavy atom. The van der Waals surface area contributed by atoms with Gasteiger partial charge in [-0.3, -0.25) is 4.79 Å². The molecule has 0 unspecified atom stereocenters. The Morgan fingerprint density at radius 1 is 1.07 bits per heavy atom. The van der Waals surface area contributed by atoms with E-state index in [9.17, 15) is 9.59 Å². The Bertz CT molecular complexity index is 782. The second kappa shape index (κ2) is 8.39. The van der Waals surface area contributed by atoms with E-state index in [1.807, 2.05) is 0 Å². The fourth-order valence-electron chi connectivity index (χ4n) is 3.53. The number of ether oxygens (including phenoxy) is 4. The molecule has 2 aliphatic heterocycles. The molecule has 2 N–H and O–H groups in total. The number of benzene rings is 1. The number of rotatable bonds is 8. The number of methoxy groups -OCH3 is 4. The maximum absolute atomic E-state index is 13.0. The smallest absolute Gasteiger partial charge is 0.319 e. The largest absolute Gasteiger partial charge is 0.493 e. The van der Waals surface area contributed by atoms with Crippen LogP contribution in [-0.2, 0) is 9.53 Å². The molecule has 0 saturated heterocycles. The lowest BCUT2D eigenvalue weighted by Gasteiger charge is -2.26. The van der Waals surface area contributed by atoms with Crippen molar-refractivity contribution < 1.29 is 28.5 Å². The van der Waals surface area contributed by atoms with Gasteiger partial charge in [0.25, 0.3) is 5.91 Å². The number of carbonyl (C=O) groups excluding carboxylic acids is 2. The van der Waals surface area contributed by atoms with E-state index < -0.39 is 6.04 Å². The minimum absolute atomic E-state index is 0.114. The second-order valence-electron chi connectivity index (χ2n) is 6.46. The van der Waals surface area contributed by atoms with Crippen molar-refractivity contribution in [3.63, 3.8) is 0 Å². The molecule has 28 heavy (non-hydrogen) atoms. The Balaban J connectivity index is 1.96. The van der Waals surface area contributed by atoms with Crippen molar-refractivity contribution in [3.8, 4) is 17.2 Å². The predicted octanol–water partition coefficient (Wildman–Crippen LogP) is 1.20. The summed E-state index contributed by atoms with van der Waals surface area (Å²) in [6, 6.07) is 2.51. The molecule has 0 aliphatic carbocycles. The zero-order valence-corrected chi connectivity index (χ0v) is 16.5. The molecule has 152 valence electrons. The highest BCUT2D eigenvalue weighted by molar-refractivity contribution is 6.01. The summed E-state index contributed by atoms with van der Waals surface area (Å²) < 4.78 is 21.2. The van der Waals surface area contributed by atoms with Crippen molar-refractivity contribution in [2.45, 2.75) is 12.5 Å². The summed E-state index contributed by atoms with van der Waals surface area (Å²) in [4.78, 5) is 26.9. The van der Waals surface area contributed by atoms with Gasteiger partial charge in [0.15, 0.2) is 11.5 Å². The van der Waals surface area contributed by atoms with E-state index in [0.717, 1.165) is 6.42 Å². The van der Waals surface area contributed by atoms with E-state index in [0.29, 0.717) is 53.8 Å². The van der Waals surface area contributed by atoms with Crippen LogP contribution in [0.3, 0.4) is 0 Å².